The van der Waals surface area contributed by atoms with Gasteiger partial charge in [0.05, 0.1) is 5.60 Å². The van der Waals surface area contributed by atoms with Gasteiger partial charge in [-0.25, -0.2) is 0 Å². The number of rotatable bonds is 4. The van der Waals surface area contributed by atoms with Gasteiger partial charge < -0.3 is 15.7 Å². The Morgan fingerprint density at radius 2 is 1.71 bits per heavy atom. The zero-order valence-electron chi connectivity index (χ0n) is 13.6. The fraction of sp³-hybridized carbons (Fsp3) is 1.00. The smallest absolute Gasteiger partial charge is 0.0771 e. The van der Waals surface area contributed by atoms with Crippen molar-refractivity contribution in [1.82, 2.24) is 10.6 Å². The van der Waals surface area contributed by atoms with Gasteiger partial charge in [-0.1, -0.05) is 38.5 Å². The van der Waals surface area contributed by atoms with E-state index in [9.17, 15) is 5.11 Å². The third-order valence-electron chi connectivity index (χ3n) is 6.16. The third-order valence-corrected chi connectivity index (χ3v) is 6.16. The van der Waals surface area contributed by atoms with Crippen LogP contribution in [0.4, 0.5) is 0 Å². The molecular formula is C18H34N2O. The van der Waals surface area contributed by atoms with Crippen LogP contribution in [0.25, 0.3) is 0 Å². The van der Waals surface area contributed by atoms with E-state index < -0.39 is 5.60 Å². The second-order valence-electron chi connectivity index (χ2n) is 7.78. The first-order valence-corrected chi connectivity index (χ1v) is 9.46. The standard InChI is InChI=1S/C18H34N2O/c21-18(11-4-1-2-5-12-18)14-20-17-10-7-8-15(17)16-9-3-6-13-19-16/h15-17,19-21H,1-14H2. The molecule has 0 aromatic carbocycles. The number of piperidine rings is 1. The highest BCUT2D eigenvalue weighted by molar-refractivity contribution is 4.94. The fourth-order valence-electron chi connectivity index (χ4n) is 4.85. The van der Waals surface area contributed by atoms with Gasteiger partial charge in [0.15, 0.2) is 0 Å². The van der Waals surface area contributed by atoms with Gasteiger partial charge in [-0.15, -0.1) is 0 Å². The SMILES string of the molecule is OC1(CNC2CCCC2C2CCCCN2)CCCCCC1. The van der Waals surface area contributed by atoms with Crippen molar-refractivity contribution < 1.29 is 5.11 Å². The van der Waals surface area contributed by atoms with E-state index in [-0.39, 0.29) is 0 Å². The highest BCUT2D eigenvalue weighted by Gasteiger charge is 2.36. The van der Waals surface area contributed by atoms with E-state index in [0.717, 1.165) is 31.3 Å². The van der Waals surface area contributed by atoms with E-state index in [1.165, 1.54) is 70.8 Å². The Bertz CT molecular complexity index is 306. The lowest BCUT2D eigenvalue weighted by molar-refractivity contribution is 0.0207. The Balaban J connectivity index is 1.51. The molecule has 3 atom stereocenters. The summed E-state index contributed by atoms with van der Waals surface area (Å²) in [5.41, 5.74) is -0.427. The van der Waals surface area contributed by atoms with Crippen LogP contribution in [0.3, 0.4) is 0 Å². The second-order valence-corrected chi connectivity index (χ2v) is 7.78. The first-order valence-electron chi connectivity index (χ1n) is 9.46. The normalized spacial score (nSPS) is 37.3. The summed E-state index contributed by atoms with van der Waals surface area (Å²) in [5, 5.41) is 18.4. The van der Waals surface area contributed by atoms with E-state index in [2.05, 4.69) is 10.6 Å². The van der Waals surface area contributed by atoms with Crippen LogP contribution in [0.2, 0.25) is 0 Å². The lowest BCUT2D eigenvalue weighted by atomic mass is 9.87. The van der Waals surface area contributed by atoms with Crippen molar-refractivity contribution in [3.63, 3.8) is 0 Å². The first kappa shape index (κ1) is 15.8. The molecule has 0 spiro atoms. The lowest BCUT2D eigenvalue weighted by Gasteiger charge is -2.35. The molecule has 3 nitrogen and oxygen atoms in total. The molecule has 0 bridgehead atoms. The molecule has 1 saturated heterocycles. The third kappa shape index (κ3) is 4.20. The molecule has 1 aliphatic heterocycles. The number of nitrogens with one attached hydrogen (secondary N) is 2. The molecule has 3 fully saturated rings. The second kappa shape index (κ2) is 7.43. The van der Waals surface area contributed by atoms with E-state index >= 15 is 0 Å². The highest BCUT2D eigenvalue weighted by atomic mass is 16.3. The van der Waals surface area contributed by atoms with Crippen LogP contribution in [0, 0.1) is 5.92 Å². The first-order chi connectivity index (χ1) is 10.3. The Morgan fingerprint density at radius 1 is 0.905 bits per heavy atom. The molecule has 3 unspecified atom stereocenters. The number of aliphatic hydroxyl groups is 1. The minimum Gasteiger partial charge on any atom is -0.389 e. The van der Waals surface area contributed by atoms with Crippen molar-refractivity contribution in [3.05, 3.63) is 0 Å². The summed E-state index contributed by atoms with van der Waals surface area (Å²) in [5.74, 6) is 0.791. The molecule has 3 rings (SSSR count). The van der Waals surface area contributed by atoms with Crippen molar-refractivity contribution in [2.75, 3.05) is 13.1 Å². The summed E-state index contributed by atoms with van der Waals surface area (Å²) in [6.07, 6.45) is 15.1. The van der Waals surface area contributed by atoms with Crippen molar-refractivity contribution >= 4 is 0 Å². The topological polar surface area (TPSA) is 44.3 Å². The Kier molecular flexibility index (Phi) is 5.58. The molecular weight excluding hydrogens is 260 g/mol. The van der Waals surface area contributed by atoms with Crippen molar-refractivity contribution in [2.45, 2.75) is 94.7 Å². The summed E-state index contributed by atoms with van der Waals surface area (Å²) in [6, 6.07) is 1.36. The zero-order chi connectivity index (χ0) is 14.5. The van der Waals surface area contributed by atoms with Crippen LogP contribution < -0.4 is 10.6 Å². The predicted octanol–water partition coefficient (Wildman–Crippen LogP) is 2.97. The van der Waals surface area contributed by atoms with Crippen LogP contribution in [0.1, 0.15) is 77.0 Å². The minimum absolute atomic E-state index is 0.427. The van der Waals surface area contributed by atoms with Crippen LogP contribution in [0.15, 0.2) is 0 Å². The molecule has 122 valence electrons. The summed E-state index contributed by atoms with van der Waals surface area (Å²) in [6.45, 7) is 2.03. The van der Waals surface area contributed by atoms with Crippen LogP contribution >= 0.6 is 0 Å². The Hall–Kier alpha value is -0.120. The predicted molar refractivity (Wildman–Crippen MR) is 87.4 cm³/mol. The maximum absolute atomic E-state index is 10.8. The maximum atomic E-state index is 10.8. The quantitative estimate of drug-likeness (QED) is 0.699. The van der Waals surface area contributed by atoms with Gasteiger partial charge in [0, 0.05) is 18.6 Å². The van der Waals surface area contributed by atoms with Crippen molar-refractivity contribution in [1.29, 1.82) is 0 Å². The van der Waals surface area contributed by atoms with Crippen LogP contribution in [-0.4, -0.2) is 35.9 Å². The minimum atomic E-state index is -0.427. The molecule has 0 radical (unpaired) electrons. The van der Waals surface area contributed by atoms with Crippen molar-refractivity contribution in [3.8, 4) is 0 Å². The largest absolute Gasteiger partial charge is 0.389 e. The molecule has 2 saturated carbocycles. The van der Waals surface area contributed by atoms with Gasteiger partial charge in [-0.05, 0) is 51.0 Å². The molecule has 2 aliphatic carbocycles. The van der Waals surface area contributed by atoms with Gasteiger partial charge >= 0.3 is 0 Å². The lowest BCUT2D eigenvalue weighted by Crippen LogP contribution is -2.50. The summed E-state index contributed by atoms with van der Waals surface area (Å²) >= 11 is 0. The molecule has 0 aromatic rings. The van der Waals surface area contributed by atoms with Gasteiger partial charge in [-0.3, -0.25) is 0 Å². The summed E-state index contributed by atoms with van der Waals surface area (Å²) < 4.78 is 0. The molecule has 3 heteroatoms. The highest BCUT2D eigenvalue weighted by Crippen LogP contribution is 2.33. The maximum Gasteiger partial charge on any atom is 0.0771 e. The van der Waals surface area contributed by atoms with Gasteiger partial charge in [0.2, 0.25) is 0 Å². The van der Waals surface area contributed by atoms with Gasteiger partial charge in [-0.2, -0.15) is 0 Å². The average molecular weight is 294 g/mol. The summed E-state index contributed by atoms with van der Waals surface area (Å²) in [7, 11) is 0. The van der Waals surface area contributed by atoms with Crippen LogP contribution in [-0.2, 0) is 0 Å². The fourth-order valence-corrected chi connectivity index (χ4v) is 4.85. The van der Waals surface area contributed by atoms with E-state index in [1.54, 1.807) is 0 Å². The monoisotopic (exact) mass is 294 g/mol. The Labute approximate surface area is 130 Å². The molecule has 0 amide bonds. The molecule has 3 aliphatic rings. The van der Waals surface area contributed by atoms with E-state index in [0.29, 0.717) is 6.04 Å². The number of hydrogen-bond acceptors (Lipinski definition) is 3. The Morgan fingerprint density at radius 3 is 2.43 bits per heavy atom. The van der Waals surface area contributed by atoms with Crippen molar-refractivity contribution in [2.24, 2.45) is 5.92 Å². The zero-order valence-corrected chi connectivity index (χ0v) is 13.6. The van der Waals surface area contributed by atoms with E-state index in [4.69, 9.17) is 0 Å². The molecule has 1 heterocycles. The van der Waals surface area contributed by atoms with Gasteiger partial charge in [0.25, 0.3) is 0 Å². The molecule has 3 N–H and O–H groups in total. The molecule has 0 aromatic heterocycles. The van der Waals surface area contributed by atoms with E-state index in [1.807, 2.05) is 0 Å². The average Bonchev–Trinajstić information content (AvgIpc) is 2.88. The molecule has 21 heavy (non-hydrogen) atoms. The van der Waals surface area contributed by atoms with Crippen LogP contribution in [0.5, 0.6) is 0 Å². The summed E-state index contributed by atoms with van der Waals surface area (Å²) in [4.78, 5) is 0. The van der Waals surface area contributed by atoms with Gasteiger partial charge in [0.1, 0.15) is 0 Å². The number of hydrogen-bond donors (Lipinski definition) is 3.